The van der Waals surface area contributed by atoms with Crippen molar-refractivity contribution in [3.63, 3.8) is 0 Å². The lowest BCUT2D eigenvalue weighted by molar-refractivity contribution is -0.133. The molecule has 0 bridgehead atoms. The van der Waals surface area contributed by atoms with Crippen LogP contribution in [-0.2, 0) is 22.6 Å². The first-order chi connectivity index (χ1) is 17.5. The number of carbonyl (C=O) groups is 2. The van der Waals surface area contributed by atoms with Crippen LogP contribution in [0, 0.1) is 0 Å². The van der Waals surface area contributed by atoms with Gasteiger partial charge in [-0.15, -0.1) is 11.3 Å². The van der Waals surface area contributed by atoms with Gasteiger partial charge in [0.05, 0.1) is 26.3 Å². The maximum absolute atomic E-state index is 13.6. The second kappa shape index (κ2) is 14.3. The van der Waals surface area contributed by atoms with E-state index in [0.29, 0.717) is 56.3 Å². The summed E-state index contributed by atoms with van der Waals surface area (Å²) in [6.45, 7) is 4.33. The van der Waals surface area contributed by atoms with Crippen LogP contribution < -0.4 is 9.47 Å². The molecule has 0 atom stereocenters. The lowest BCUT2D eigenvalue weighted by atomic mass is 10.1. The lowest BCUT2D eigenvalue weighted by Crippen LogP contribution is -2.43. The zero-order chi connectivity index (χ0) is 25.8. The first kappa shape index (κ1) is 27.2. The number of methoxy groups -OCH3 is 2. The number of hydrogen-bond donors (Lipinski definition) is 0. The van der Waals surface area contributed by atoms with Crippen LogP contribution in [0.15, 0.2) is 66.0 Å². The molecule has 7 nitrogen and oxygen atoms in total. The topological polar surface area (TPSA) is 68.3 Å². The molecule has 2 aromatic carbocycles. The maximum atomic E-state index is 13.6. The highest BCUT2D eigenvalue weighted by Gasteiger charge is 2.25. The van der Waals surface area contributed by atoms with Crippen molar-refractivity contribution < 1.29 is 23.8 Å². The molecule has 1 heterocycles. The maximum Gasteiger partial charge on any atom is 0.258 e. The van der Waals surface area contributed by atoms with Crippen molar-refractivity contribution in [2.45, 2.75) is 26.4 Å². The van der Waals surface area contributed by atoms with Crippen LogP contribution in [0.5, 0.6) is 11.5 Å². The molecule has 0 saturated heterocycles. The number of carbonyl (C=O) groups excluding carboxylic acids is 2. The fourth-order valence-electron chi connectivity index (χ4n) is 3.79. The highest BCUT2D eigenvalue weighted by molar-refractivity contribution is 7.09. The van der Waals surface area contributed by atoms with Crippen molar-refractivity contribution in [1.82, 2.24) is 9.80 Å². The number of amides is 2. The van der Waals surface area contributed by atoms with Gasteiger partial charge in [0.25, 0.3) is 5.91 Å². The quantitative estimate of drug-likeness (QED) is 0.290. The molecule has 3 aromatic rings. The van der Waals surface area contributed by atoms with Crippen LogP contribution in [0.3, 0.4) is 0 Å². The third kappa shape index (κ3) is 7.83. The summed E-state index contributed by atoms with van der Waals surface area (Å²) in [7, 11) is 3.07. The van der Waals surface area contributed by atoms with Crippen LogP contribution >= 0.6 is 11.3 Å². The van der Waals surface area contributed by atoms with Crippen LogP contribution in [0.2, 0.25) is 0 Å². The number of hydrogen-bond acceptors (Lipinski definition) is 6. The minimum atomic E-state index is -0.268. The van der Waals surface area contributed by atoms with Crippen molar-refractivity contribution in [3.8, 4) is 11.5 Å². The molecule has 0 spiro atoms. The molecule has 0 unspecified atom stereocenters. The molecule has 36 heavy (non-hydrogen) atoms. The van der Waals surface area contributed by atoms with Gasteiger partial charge in [0, 0.05) is 37.2 Å². The van der Waals surface area contributed by atoms with E-state index in [2.05, 4.69) is 0 Å². The zero-order valence-electron chi connectivity index (χ0n) is 21.1. The van der Waals surface area contributed by atoms with E-state index in [1.165, 1.54) is 7.11 Å². The molecule has 0 saturated carbocycles. The Balaban J connectivity index is 1.83. The average Bonchev–Trinajstić information content (AvgIpc) is 3.43. The van der Waals surface area contributed by atoms with Gasteiger partial charge in [-0.3, -0.25) is 9.59 Å². The van der Waals surface area contributed by atoms with Crippen LogP contribution in [0.1, 0.15) is 34.1 Å². The van der Waals surface area contributed by atoms with Gasteiger partial charge in [-0.25, -0.2) is 0 Å². The Labute approximate surface area is 217 Å². The normalized spacial score (nSPS) is 10.6. The standard InChI is InChI=1S/C28H34N2O5S/c1-4-35-16-9-15-29(28(32)25-14-13-23(33-2)18-26(25)34-3)21-27(31)30(20-24-12-8-17-36-24)19-22-10-6-5-7-11-22/h5-8,10-14,17-18H,4,9,15-16,19-21H2,1-3H3. The van der Waals surface area contributed by atoms with E-state index in [1.54, 1.807) is 46.4 Å². The van der Waals surface area contributed by atoms with E-state index in [4.69, 9.17) is 14.2 Å². The number of nitrogens with zero attached hydrogens (tertiary/aromatic N) is 2. The summed E-state index contributed by atoms with van der Waals surface area (Å²) in [5.41, 5.74) is 1.42. The summed E-state index contributed by atoms with van der Waals surface area (Å²) >= 11 is 1.61. The molecule has 0 fully saturated rings. The molecule has 0 N–H and O–H groups in total. The van der Waals surface area contributed by atoms with Gasteiger partial charge in [0.2, 0.25) is 5.91 Å². The van der Waals surface area contributed by atoms with Crippen molar-refractivity contribution in [3.05, 3.63) is 82.0 Å². The van der Waals surface area contributed by atoms with Gasteiger partial charge in [0.1, 0.15) is 18.0 Å². The first-order valence-corrected chi connectivity index (χ1v) is 12.9. The number of rotatable bonds is 14. The Morgan fingerprint density at radius 3 is 2.39 bits per heavy atom. The third-order valence-electron chi connectivity index (χ3n) is 5.67. The molecule has 192 valence electrons. The second-order valence-electron chi connectivity index (χ2n) is 8.16. The predicted molar refractivity (Wildman–Crippen MR) is 142 cm³/mol. The number of thiophene rings is 1. The lowest BCUT2D eigenvalue weighted by Gasteiger charge is -2.28. The van der Waals surface area contributed by atoms with Crippen LogP contribution in [-0.4, -0.2) is 62.1 Å². The SMILES string of the molecule is CCOCCCN(CC(=O)N(Cc1ccccc1)Cc1cccs1)C(=O)c1ccc(OC)cc1OC. The van der Waals surface area contributed by atoms with Gasteiger partial charge in [-0.1, -0.05) is 36.4 Å². The van der Waals surface area contributed by atoms with E-state index in [1.807, 2.05) is 54.8 Å². The van der Waals surface area contributed by atoms with E-state index in [9.17, 15) is 9.59 Å². The molecule has 0 aliphatic heterocycles. The summed E-state index contributed by atoms with van der Waals surface area (Å²) < 4.78 is 16.2. The monoisotopic (exact) mass is 510 g/mol. The Morgan fingerprint density at radius 1 is 0.917 bits per heavy atom. The van der Waals surface area contributed by atoms with Gasteiger partial charge in [0.15, 0.2) is 0 Å². The minimum absolute atomic E-state index is 0.0433. The molecule has 2 amide bonds. The molecule has 0 radical (unpaired) electrons. The molecule has 3 rings (SSSR count). The molecular formula is C28H34N2O5S. The summed E-state index contributed by atoms with van der Waals surface area (Å²) in [4.78, 5) is 31.7. The Bertz CT molecular complexity index is 1090. The summed E-state index contributed by atoms with van der Waals surface area (Å²) in [5, 5.41) is 2.00. The van der Waals surface area contributed by atoms with Gasteiger partial charge in [-0.2, -0.15) is 0 Å². The van der Waals surface area contributed by atoms with Crippen molar-refractivity contribution in [2.24, 2.45) is 0 Å². The first-order valence-electron chi connectivity index (χ1n) is 12.0. The third-order valence-corrected chi connectivity index (χ3v) is 6.53. The molecule has 8 heteroatoms. The summed E-state index contributed by atoms with van der Waals surface area (Å²) in [5.74, 6) is 0.605. The summed E-state index contributed by atoms with van der Waals surface area (Å²) in [6.07, 6.45) is 0.620. The Kier molecular flexibility index (Phi) is 10.8. The predicted octanol–water partition coefficient (Wildman–Crippen LogP) is 4.86. The highest BCUT2D eigenvalue weighted by atomic mass is 32.1. The largest absolute Gasteiger partial charge is 0.497 e. The van der Waals surface area contributed by atoms with Gasteiger partial charge >= 0.3 is 0 Å². The second-order valence-corrected chi connectivity index (χ2v) is 9.19. The zero-order valence-corrected chi connectivity index (χ0v) is 22.0. The van der Waals surface area contributed by atoms with Crippen molar-refractivity contribution >= 4 is 23.2 Å². The fourth-order valence-corrected chi connectivity index (χ4v) is 4.51. The summed E-state index contributed by atoms with van der Waals surface area (Å²) in [6, 6.07) is 18.9. The average molecular weight is 511 g/mol. The fraction of sp³-hybridized carbons (Fsp3) is 0.357. The van der Waals surface area contributed by atoms with E-state index < -0.39 is 0 Å². The molecule has 1 aromatic heterocycles. The highest BCUT2D eigenvalue weighted by Crippen LogP contribution is 2.26. The van der Waals surface area contributed by atoms with Crippen LogP contribution in [0.25, 0.3) is 0 Å². The number of benzene rings is 2. The Morgan fingerprint density at radius 2 is 1.72 bits per heavy atom. The number of ether oxygens (including phenoxy) is 3. The van der Waals surface area contributed by atoms with Crippen LogP contribution in [0.4, 0.5) is 0 Å². The molecular weight excluding hydrogens is 476 g/mol. The van der Waals surface area contributed by atoms with E-state index in [-0.39, 0.29) is 18.4 Å². The molecule has 0 aliphatic carbocycles. The smallest absolute Gasteiger partial charge is 0.258 e. The van der Waals surface area contributed by atoms with Gasteiger partial charge < -0.3 is 24.0 Å². The van der Waals surface area contributed by atoms with Crippen molar-refractivity contribution in [2.75, 3.05) is 40.5 Å². The van der Waals surface area contributed by atoms with E-state index in [0.717, 1.165) is 10.4 Å². The van der Waals surface area contributed by atoms with E-state index >= 15 is 0 Å². The Hall–Kier alpha value is -3.36. The van der Waals surface area contributed by atoms with Gasteiger partial charge in [-0.05, 0) is 42.5 Å². The van der Waals surface area contributed by atoms with Crippen molar-refractivity contribution in [1.29, 1.82) is 0 Å². The minimum Gasteiger partial charge on any atom is -0.497 e. The molecule has 0 aliphatic rings.